The molecule has 9 N–H and O–H groups in total. The zero-order valence-electron chi connectivity index (χ0n) is 30.5. The SMILES string of the molecule is Cc1cc(C)c2cccc(OCc3c(Cl)ccc(S(=O)(=O)NC4(C(=O)N5CCN(C(=O)C[C@H](CCCN=C(N)N)N=C(N)N)CC5)CCCC4)c3Cl)c2n1. The van der Waals surface area contributed by atoms with Crippen LogP contribution in [0.15, 0.2) is 51.3 Å². The number of halogens is 2. The number of nitrogens with zero attached hydrogens (tertiary/aromatic N) is 5. The van der Waals surface area contributed by atoms with Crippen LogP contribution in [0.4, 0.5) is 0 Å². The molecule has 1 saturated carbocycles. The monoisotopic (exact) mass is 802 g/mol. The average molecular weight is 804 g/mol. The minimum absolute atomic E-state index is 0.0196. The van der Waals surface area contributed by atoms with Crippen LogP contribution in [0.25, 0.3) is 10.9 Å². The van der Waals surface area contributed by atoms with Crippen molar-refractivity contribution in [3.63, 3.8) is 0 Å². The largest absolute Gasteiger partial charge is 0.487 e. The third kappa shape index (κ3) is 9.64. The Hall–Kier alpha value is -4.38. The number of carbonyl (C=O) groups excluding carboxylic acids is 2. The highest BCUT2D eigenvalue weighted by Crippen LogP contribution is 2.37. The summed E-state index contributed by atoms with van der Waals surface area (Å²) in [6, 6.07) is 9.91. The Morgan fingerprint density at radius 1 is 1.00 bits per heavy atom. The van der Waals surface area contributed by atoms with E-state index in [4.69, 9.17) is 50.9 Å². The van der Waals surface area contributed by atoms with Crippen LogP contribution in [0.3, 0.4) is 0 Å². The number of hydrogen-bond donors (Lipinski definition) is 5. The average Bonchev–Trinajstić information content (AvgIpc) is 3.58. The van der Waals surface area contributed by atoms with Gasteiger partial charge in [-0.15, -0.1) is 0 Å². The molecule has 292 valence electrons. The summed E-state index contributed by atoms with van der Waals surface area (Å²) in [7, 11) is -4.32. The maximum atomic E-state index is 14.2. The molecule has 1 atom stereocenters. The second kappa shape index (κ2) is 17.4. The zero-order chi connectivity index (χ0) is 39.2. The Kier molecular flexibility index (Phi) is 13.1. The number of aryl methyl sites for hydroxylation is 2. The van der Waals surface area contributed by atoms with Gasteiger partial charge in [-0.25, -0.2) is 18.4 Å². The van der Waals surface area contributed by atoms with E-state index in [-0.39, 0.29) is 83.4 Å². The normalized spacial score (nSPS) is 16.2. The van der Waals surface area contributed by atoms with Crippen LogP contribution < -0.4 is 32.4 Å². The second-order valence-corrected chi connectivity index (χ2v) is 16.2. The molecular weight excluding hydrogens is 755 g/mol. The van der Waals surface area contributed by atoms with Gasteiger partial charge in [0.15, 0.2) is 11.9 Å². The number of para-hydroxylation sites is 1. The fourth-order valence-corrected chi connectivity index (χ4v) is 9.45. The lowest BCUT2D eigenvalue weighted by Crippen LogP contribution is -2.61. The molecule has 15 nitrogen and oxygen atoms in total. The maximum Gasteiger partial charge on any atom is 0.243 e. The first-order chi connectivity index (χ1) is 25.6. The molecule has 0 unspecified atom stereocenters. The first kappa shape index (κ1) is 40.8. The van der Waals surface area contributed by atoms with Crippen LogP contribution in [-0.2, 0) is 26.2 Å². The number of piperazine rings is 1. The molecular formula is C36H48Cl2N10O5S. The van der Waals surface area contributed by atoms with E-state index in [1.807, 2.05) is 32.0 Å². The fourth-order valence-electron chi connectivity index (χ4n) is 7.14. The predicted molar refractivity (Wildman–Crippen MR) is 211 cm³/mol. The van der Waals surface area contributed by atoms with E-state index in [9.17, 15) is 18.0 Å². The smallest absolute Gasteiger partial charge is 0.243 e. The third-order valence-corrected chi connectivity index (χ3v) is 12.3. The molecule has 2 aromatic carbocycles. The highest BCUT2D eigenvalue weighted by atomic mass is 35.5. The highest BCUT2D eigenvalue weighted by molar-refractivity contribution is 7.89. The molecule has 2 heterocycles. The number of nitrogens with two attached hydrogens (primary N) is 4. The third-order valence-electron chi connectivity index (χ3n) is 9.80. The van der Waals surface area contributed by atoms with Crippen molar-refractivity contribution < 1.29 is 22.7 Å². The standard InChI is InChI=1S/C36H48Cl2N10O5S/c1-22-19-23(2)44-32-25(22)8-5-9-28(32)53-21-26-27(37)10-11-29(31(26)38)54(51,52)46-36(12-3-4-13-36)33(50)48-17-15-47(16-18-48)30(49)20-24(45-35(41)42)7-6-14-43-34(39)40/h5,8-11,19,24,46H,3-4,6-7,12-18,20-21H2,1-2H3,(H4,39,40,43)(H4,41,42,45)/t24-/m0/s1. The van der Waals surface area contributed by atoms with Gasteiger partial charge in [0.05, 0.1) is 11.1 Å². The number of rotatable bonds is 14. The van der Waals surface area contributed by atoms with Crippen LogP contribution in [0, 0.1) is 13.8 Å². The number of ether oxygens (including phenoxy) is 1. The van der Waals surface area contributed by atoms with Crippen LogP contribution in [-0.4, -0.2) is 91.2 Å². The van der Waals surface area contributed by atoms with Gasteiger partial charge in [-0.2, -0.15) is 4.72 Å². The minimum atomic E-state index is -4.32. The molecule has 1 aliphatic heterocycles. The molecule has 2 aliphatic rings. The van der Waals surface area contributed by atoms with Crippen LogP contribution in [0.2, 0.25) is 10.0 Å². The Morgan fingerprint density at radius 2 is 1.69 bits per heavy atom. The minimum Gasteiger partial charge on any atom is -0.487 e. The van der Waals surface area contributed by atoms with Crippen molar-refractivity contribution in [1.29, 1.82) is 0 Å². The Balaban J connectivity index is 1.26. The lowest BCUT2D eigenvalue weighted by Gasteiger charge is -2.40. The van der Waals surface area contributed by atoms with Crippen molar-refractivity contribution in [1.82, 2.24) is 19.5 Å². The van der Waals surface area contributed by atoms with Crippen LogP contribution in [0.5, 0.6) is 5.75 Å². The maximum absolute atomic E-state index is 14.2. The number of amides is 2. The molecule has 18 heteroatoms. The van der Waals surface area contributed by atoms with Gasteiger partial charge in [0.2, 0.25) is 21.8 Å². The number of aromatic nitrogens is 1. The van der Waals surface area contributed by atoms with Crippen LogP contribution >= 0.6 is 23.2 Å². The molecule has 0 spiro atoms. The number of fused-ring (bicyclic) bond motifs is 1. The molecule has 2 fully saturated rings. The Morgan fingerprint density at radius 3 is 2.35 bits per heavy atom. The van der Waals surface area contributed by atoms with Gasteiger partial charge in [0, 0.05) is 60.8 Å². The molecule has 0 bridgehead atoms. The molecule has 1 saturated heterocycles. The summed E-state index contributed by atoms with van der Waals surface area (Å²) in [5, 5.41) is 1.06. The molecule has 2 amide bonds. The quantitative estimate of drug-likeness (QED) is 0.0907. The predicted octanol–water partition coefficient (Wildman–Crippen LogP) is 3.09. The topological polar surface area (TPSA) is 238 Å². The summed E-state index contributed by atoms with van der Waals surface area (Å²) in [5.74, 6) is -0.134. The number of carbonyl (C=O) groups is 2. The molecule has 3 aromatic rings. The van der Waals surface area contributed by atoms with E-state index in [1.165, 1.54) is 12.1 Å². The van der Waals surface area contributed by atoms with E-state index in [0.717, 1.165) is 16.6 Å². The molecule has 54 heavy (non-hydrogen) atoms. The van der Waals surface area contributed by atoms with Gasteiger partial charge in [-0.05, 0) is 69.4 Å². The second-order valence-electron chi connectivity index (χ2n) is 13.8. The number of aliphatic imine (C=N–C) groups is 2. The van der Waals surface area contributed by atoms with Gasteiger partial charge in [-0.1, -0.05) is 48.2 Å². The van der Waals surface area contributed by atoms with Crippen molar-refractivity contribution in [3.8, 4) is 5.75 Å². The summed E-state index contributed by atoms with van der Waals surface area (Å²) < 4.78 is 37.0. The lowest BCUT2D eigenvalue weighted by atomic mass is 9.96. The molecule has 1 aromatic heterocycles. The Labute approximate surface area is 325 Å². The Bertz CT molecular complexity index is 2040. The lowest BCUT2D eigenvalue weighted by molar-refractivity contribution is -0.143. The summed E-state index contributed by atoms with van der Waals surface area (Å²) in [6.45, 7) is 5.16. The van der Waals surface area contributed by atoms with Crippen molar-refractivity contribution in [2.24, 2.45) is 32.9 Å². The van der Waals surface area contributed by atoms with Crippen LogP contribution in [0.1, 0.15) is 61.8 Å². The van der Waals surface area contributed by atoms with E-state index in [2.05, 4.69) is 19.7 Å². The van der Waals surface area contributed by atoms with Gasteiger partial charge >= 0.3 is 0 Å². The molecule has 0 radical (unpaired) electrons. The molecule has 1 aliphatic carbocycles. The van der Waals surface area contributed by atoms with E-state index < -0.39 is 21.6 Å². The van der Waals surface area contributed by atoms with Gasteiger partial charge in [0.25, 0.3) is 0 Å². The number of sulfonamides is 1. The summed E-state index contributed by atoms with van der Waals surface area (Å²) in [4.78, 5) is 43.3. The van der Waals surface area contributed by atoms with E-state index >= 15 is 0 Å². The zero-order valence-corrected chi connectivity index (χ0v) is 32.8. The number of guanidine groups is 2. The van der Waals surface area contributed by atoms with Gasteiger partial charge < -0.3 is 37.5 Å². The van der Waals surface area contributed by atoms with Crippen molar-refractivity contribution in [2.75, 3.05) is 32.7 Å². The molecule has 5 rings (SSSR count). The number of hydrogen-bond acceptors (Lipinski definition) is 8. The summed E-state index contributed by atoms with van der Waals surface area (Å²) >= 11 is 13.3. The highest BCUT2D eigenvalue weighted by Gasteiger charge is 2.47. The van der Waals surface area contributed by atoms with Crippen molar-refractivity contribution in [3.05, 3.63) is 63.3 Å². The number of nitrogens with one attached hydrogen (secondary N) is 1. The summed E-state index contributed by atoms with van der Waals surface area (Å²) in [6.07, 6.45) is 3.10. The van der Waals surface area contributed by atoms with Gasteiger partial charge in [-0.3, -0.25) is 14.6 Å². The van der Waals surface area contributed by atoms with Gasteiger partial charge in [0.1, 0.15) is 28.3 Å². The van der Waals surface area contributed by atoms with E-state index in [0.29, 0.717) is 56.3 Å². The van der Waals surface area contributed by atoms with E-state index in [1.54, 1.807) is 15.9 Å². The first-order valence-electron chi connectivity index (χ1n) is 17.8. The number of benzene rings is 2. The number of pyridine rings is 1. The summed E-state index contributed by atoms with van der Waals surface area (Å²) in [5.41, 5.74) is 23.5. The van der Waals surface area contributed by atoms with Crippen molar-refractivity contribution >= 4 is 67.9 Å². The fraction of sp³-hybridized carbons (Fsp3) is 0.472. The van der Waals surface area contributed by atoms with Crippen molar-refractivity contribution in [2.45, 2.75) is 81.9 Å². The first-order valence-corrected chi connectivity index (χ1v) is 20.1.